The number of alkyl halides is 4. The van der Waals surface area contributed by atoms with Crippen LogP contribution < -0.4 is 9.47 Å². The van der Waals surface area contributed by atoms with E-state index in [1.165, 1.54) is 7.11 Å². The summed E-state index contributed by atoms with van der Waals surface area (Å²) in [5.74, 6) is -0.819. The van der Waals surface area contributed by atoms with Crippen molar-refractivity contribution >= 4 is 22.2 Å². The predicted molar refractivity (Wildman–Crippen MR) is 55.5 cm³/mol. The Morgan fingerprint density at radius 3 is 2.59 bits per heavy atom. The van der Waals surface area contributed by atoms with Gasteiger partial charge in [-0.1, -0.05) is 15.9 Å². The minimum Gasteiger partial charge on any atom is -0.495 e. The van der Waals surface area contributed by atoms with Crippen molar-refractivity contribution in [3.8, 4) is 11.6 Å². The lowest BCUT2D eigenvalue weighted by atomic mass is 10.2. The number of ether oxygens (including phenoxy) is 2. The van der Waals surface area contributed by atoms with Crippen LogP contribution in [-0.4, -0.2) is 24.7 Å². The summed E-state index contributed by atoms with van der Waals surface area (Å²) in [5, 5.41) is 0.288. The summed E-state index contributed by atoms with van der Waals surface area (Å²) < 4.78 is 44.6. The fourth-order valence-electron chi connectivity index (χ4n) is 1.17. The van der Waals surface area contributed by atoms with E-state index in [1.54, 1.807) is 0 Å². The van der Waals surface area contributed by atoms with Crippen LogP contribution in [0.2, 0.25) is 0 Å². The first kappa shape index (κ1) is 13.8. The van der Waals surface area contributed by atoms with E-state index in [0.29, 0.717) is 5.56 Å². The number of aldehydes is 1. The highest BCUT2D eigenvalue weighted by Crippen LogP contribution is 2.32. The predicted octanol–water partition coefficient (Wildman–Crippen LogP) is 2.70. The van der Waals surface area contributed by atoms with Gasteiger partial charge in [0.15, 0.2) is 6.29 Å². The second-order valence-electron chi connectivity index (χ2n) is 2.83. The first-order valence-electron chi connectivity index (χ1n) is 4.25. The van der Waals surface area contributed by atoms with Crippen LogP contribution in [0.1, 0.15) is 15.9 Å². The highest BCUT2D eigenvalue weighted by Gasteiger charge is 2.34. The molecule has 8 heteroatoms. The second-order valence-corrected chi connectivity index (χ2v) is 3.40. The average molecular weight is 314 g/mol. The Morgan fingerprint density at radius 1 is 1.53 bits per heavy atom. The molecule has 4 nitrogen and oxygen atoms in total. The van der Waals surface area contributed by atoms with E-state index in [4.69, 9.17) is 4.74 Å². The van der Waals surface area contributed by atoms with Crippen molar-refractivity contribution in [1.29, 1.82) is 0 Å². The molecule has 0 spiro atoms. The largest absolute Gasteiger partial charge is 0.574 e. The van der Waals surface area contributed by atoms with Gasteiger partial charge in [-0.2, -0.15) is 0 Å². The van der Waals surface area contributed by atoms with Crippen molar-refractivity contribution in [1.82, 2.24) is 4.98 Å². The Labute approximate surface area is 103 Å². The van der Waals surface area contributed by atoms with Gasteiger partial charge in [-0.3, -0.25) is 4.79 Å². The molecule has 0 aliphatic rings. The van der Waals surface area contributed by atoms with Gasteiger partial charge in [0.1, 0.15) is 11.3 Å². The van der Waals surface area contributed by atoms with Gasteiger partial charge >= 0.3 is 6.36 Å². The van der Waals surface area contributed by atoms with E-state index in [1.807, 2.05) is 0 Å². The summed E-state index contributed by atoms with van der Waals surface area (Å²) in [6.45, 7) is 0. The minimum absolute atomic E-state index is 0.00567. The molecule has 0 saturated heterocycles. The number of aromatic nitrogens is 1. The molecule has 0 aliphatic carbocycles. The molecular weight excluding hydrogens is 307 g/mol. The lowest BCUT2D eigenvalue weighted by molar-refractivity contribution is -0.276. The number of halogens is 4. The zero-order valence-electron chi connectivity index (χ0n) is 8.55. The summed E-state index contributed by atoms with van der Waals surface area (Å²) in [7, 11) is 1.24. The molecule has 0 bridgehead atoms. The highest BCUT2D eigenvalue weighted by atomic mass is 79.9. The molecule has 17 heavy (non-hydrogen) atoms. The average Bonchev–Trinajstić information content (AvgIpc) is 2.26. The van der Waals surface area contributed by atoms with E-state index in [9.17, 15) is 18.0 Å². The highest BCUT2D eigenvalue weighted by molar-refractivity contribution is 9.08. The monoisotopic (exact) mass is 313 g/mol. The van der Waals surface area contributed by atoms with E-state index in [-0.39, 0.29) is 22.9 Å². The molecule has 0 unspecified atom stereocenters. The van der Waals surface area contributed by atoms with E-state index in [2.05, 4.69) is 25.7 Å². The molecule has 1 aromatic rings. The van der Waals surface area contributed by atoms with Gasteiger partial charge in [0, 0.05) is 17.1 Å². The number of pyridine rings is 1. The Kier molecular flexibility index (Phi) is 4.33. The topological polar surface area (TPSA) is 48.4 Å². The number of rotatable bonds is 4. The van der Waals surface area contributed by atoms with Crippen LogP contribution in [-0.2, 0) is 5.33 Å². The van der Waals surface area contributed by atoms with Crippen molar-refractivity contribution in [3.63, 3.8) is 0 Å². The normalized spacial score (nSPS) is 11.1. The van der Waals surface area contributed by atoms with Crippen LogP contribution in [0, 0.1) is 0 Å². The van der Waals surface area contributed by atoms with Gasteiger partial charge in [0.05, 0.1) is 7.11 Å². The maximum Gasteiger partial charge on any atom is 0.574 e. The second kappa shape index (κ2) is 5.35. The number of methoxy groups -OCH3 is 1. The van der Waals surface area contributed by atoms with Crippen molar-refractivity contribution in [3.05, 3.63) is 17.3 Å². The first-order chi connectivity index (χ1) is 7.92. The van der Waals surface area contributed by atoms with E-state index < -0.39 is 12.2 Å². The Bertz CT molecular complexity index is 423. The number of nitrogens with zero attached hydrogens (tertiary/aromatic N) is 1. The maximum atomic E-state index is 12.0. The number of carbonyl (C=O) groups excluding carboxylic acids is 1. The molecule has 0 radical (unpaired) electrons. The third-order valence-electron chi connectivity index (χ3n) is 1.78. The van der Waals surface area contributed by atoms with Crippen LogP contribution in [0.3, 0.4) is 0 Å². The van der Waals surface area contributed by atoms with Gasteiger partial charge in [0.25, 0.3) is 0 Å². The van der Waals surface area contributed by atoms with Crippen LogP contribution in [0.4, 0.5) is 13.2 Å². The van der Waals surface area contributed by atoms with Gasteiger partial charge in [-0.25, -0.2) is 4.98 Å². The van der Waals surface area contributed by atoms with Gasteiger partial charge in [-0.05, 0) is 0 Å². The number of carbonyl (C=O) groups is 1. The Hall–Kier alpha value is -1.31. The summed E-state index contributed by atoms with van der Waals surface area (Å²) in [5.41, 5.74) is 0.0749. The van der Waals surface area contributed by atoms with Gasteiger partial charge in [-0.15, -0.1) is 13.2 Å². The third kappa shape index (κ3) is 3.32. The smallest absolute Gasteiger partial charge is 0.495 e. The molecule has 1 heterocycles. The fourth-order valence-corrected chi connectivity index (χ4v) is 1.57. The Balaban J connectivity index is 3.28. The summed E-state index contributed by atoms with van der Waals surface area (Å²) in [4.78, 5) is 14.2. The van der Waals surface area contributed by atoms with Crippen LogP contribution >= 0.6 is 15.9 Å². The molecular formula is C9H7BrF3NO3. The van der Waals surface area contributed by atoms with E-state index >= 15 is 0 Å². The SMILES string of the molecule is COc1c(CBr)cnc(OC(F)(F)F)c1C=O. The van der Waals surface area contributed by atoms with Crippen LogP contribution in [0.25, 0.3) is 0 Å². The van der Waals surface area contributed by atoms with Crippen molar-refractivity contribution in [2.75, 3.05) is 7.11 Å². The first-order valence-corrected chi connectivity index (χ1v) is 5.37. The lowest BCUT2D eigenvalue weighted by Gasteiger charge is -2.13. The molecule has 0 N–H and O–H groups in total. The number of hydrogen-bond acceptors (Lipinski definition) is 4. The quantitative estimate of drug-likeness (QED) is 0.633. The molecule has 0 aliphatic heterocycles. The molecule has 0 fully saturated rings. The summed E-state index contributed by atoms with van der Waals surface area (Å²) in [6, 6.07) is 0. The molecule has 1 aromatic heterocycles. The molecule has 1 rings (SSSR count). The summed E-state index contributed by atoms with van der Waals surface area (Å²) >= 11 is 3.10. The molecule has 94 valence electrons. The Morgan fingerprint density at radius 2 is 2.18 bits per heavy atom. The maximum absolute atomic E-state index is 12.0. The molecule has 0 amide bonds. The van der Waals surface area contributed by atoms with Crippen molar-refractivity contribution in [2.45, 2.75) is 11.7 Å². The van der Waals surface area contributed by atoms with E-state index in [0.717, 1.165) is 6.20 Å². The molecule has 0 atom stereocenters. The zero-order valence-corrected chi connectivity index (χ0v) is 10.1. The standard InChI is InChI=1S/C9H7BrF3NO3/c1-16-7-5(2-10)3-14-8(6(7)4-15)17-9(11,12)13/h3-4H,2H2,1H3. The summed E-state index contributed by atoms with van der Waals surface area (Å²) in [6.07, 6.45) is -3.56. The zero-order chi connectivity index (χ0) is 13.1. The third-order valence-corrected chi connectivity index (χ3v) is 2.39. The number of hydrogen-bond donors (Lipinski definition) is 0. The lowest BCUT2D eigenvalue weighted by Crippen LogP contribution is -2.19. The van der Waals surface area contributed by atoms with Gasteiger partial charge < -0.3 is 9.47 Å². The molecule has 0 saturated carbocycles. The van der Waals surface area contributed by atoms with Gasteiger partial charge in [0.2, 0.25) is 5.88 Å². The minimum atomic E-state index is -4.91. The molecule has 0 aromatic carbocycles. The van der Waals surface area contributed by atoms with Crippen LogP contribution in [0.15, 0.2) is 6.20 Å². The van der Waals surface area contributed by atoms with Crippen molar-refractivity contribution in [2.24, 2.45) is 0 Å². The van der Waals surface area contributed by atoms with Crippen LogP contribution in [0.5, 0.6) is 11.6 Å². The fraction of sp³-hybridized carbons (Fsp3) is 0.333. The van der Waals surface area contributed by atoms with Crippen molar-refractivity contribution < 1.29 is 27.4 Å².